The van der Waals surface area contributed by atoms with Gasteiger partial charge in [-0.15, -0.1) is 0 Å². The van der Waals surface area contributed by atoms with E-state index in [2.05, 4.69) is 5.10 Å². The van der Waals surface area contributed by atoms with Gasteiger partial charge in [0.05, 0.1) is 18.4 Å². The molecule has 5 nitrogen and oxygen atoms in total. The molecule has 1 N–H and O–H groups in total. The highest BCUT2D eigenvalue weighted by molar-refractivity contribution is 6.14. The Bertz CT molecular complexity index is 539. The van der Waals surface area contributed by atoms with Gasteiger partial charge in [0.25, 0.3) is 0 Å². The Morgan fingerprint density at radius 1 is 1.45 bits per heavy atom. The molecule has 0 amide bonds. The van der Waals surface area contributed by atoms with Gasteiger partial charge in [-0.3, -0.25) is 0 Å². The number of nitrogens with zero attached hydrogens (tertiary/aromatic N) is 2. The number of carbonyl (C=O) groups excluding carboxylic acids is 1. The summed E-state index contributed by atoms with van der Waals surface area (Å²) in [6, 6.07) is 5.61. The molecule has 1 rings (SSSR count). The summed E-state index contributed by atoms with van der Waals surface area (Å²) in [5.74, 6) is -1.91. The molecule has 0 fully saturated rings. The number of benzene rings is 1. The van der Waals surface area contributed by atoms with E-state index in [1.54, 1.807) is 27.1 Å². The summed E-state index contributed by atoms with van der Waals surface area (Å²) < 4.78 is 18.5. The molecular weight excluding hydrogens is 263 g/mol. The zero-order valence-corrected chi connectivity index (χ0v) is 11.6. The molecule has 0 saturated carbocycles. The van der Waals surface area contributed by atoms with Crippen LogP contribution in [0.1, 0.15) is 12.5 Å². The smallest absolute Gasteiger partial charge is 0.343 e. The van der Waals surface area contributed by atoms with Crippen LogP contribution in [0.5, 0.6) is 0 Å². The molecule has 1 aromatic rings. The largest absolute Gasteiger partial charge is 0.506 e. The molecular formula is C14H17FN2O3. The highest BCUT2D eigenvalue weighted by Crippen LogP contribution is 2.19. The summed E-state index contributed by atoms with van der Waals surface area (Å²) in [6.45, 7) is 1.78. The molecule has 0 atom stereocenters. The van der Waals surface area contributed by atoms with Crippen molar-refractivity contribution in [3.8, 4) is 0 Å². The second-order valence-electron chi connectivity index (χ2n) is 4.05. The second kappa shape index (κ2) is 7.28. The molecule has 108 valence electrons. The third-order valence-corrected chi connectivity index (χ3v) is 2.30. The van der Waals surface area contributed by atoms with Gasteiger partial charge in [0.15, 0.2) is 0 Å². The summed E-state index contributed by atoms with van der Waals surface area (Å²) in [5, 5.41) is 15.4. The Labute approximate surface area is 117 Å². The van der Waals surface area contributed by atoms with Crippen molar-refractivity contribution >= 4 is 17.9 Å². The van der Waals surface area contributed by atoms with Gasteiger partial charge in [-0.1, -0.05) is 12.1 Å². The first kappa shape index (κ1) is 15.7. The maximum Gasteiger partial charge on any atom is 0.343 e. The SMILES string of the molecule is CCOC(=O)C(/C=N/N(C)C)=C(/O)c1ccccc1F. The van der Waals surface area contributed by atoms with Gasteiger partial charge in [-0.25, -0.2) is 9.18 Å². The highest BCUT2D eigenvalue weighted by atomic mass is 19.1. The number of hydrogen-bond acceptors (Lipinski definition) is 5. The maximum atomic E-state index is 13.6. The van der Waals surface area contributed by atoms with Crippen LogP contribution >= 0.6 is 0 Å². The van der Waals surface area contributed by atoms with E-state index in [0.717, 1.165) is 6.21 Å². The Balaban J connectivity index is 3.29. The van der Waals surface area contributed by atoms with Gasteiger partial charge >= 0.3 is 5.97 Å². The van der Waals surface area contributed by atoms with Gasteiger partial charge in [0, 0.05) is 14.1 Å². The van der Waals surface area contributed by atoms with Crippen molar-refractivity contribution in [3.63, 3.8) is 0 Å². The molecule has 0 heterocycles. The fourth-order valence-electron chi connectivity index (χ4n) is 1.39. The van der Waals surface area contributed by atoms with Crippen molar-refractivity contribution < 1.29 is 19.0 Å². The Hall–Kier alpha value is -2.37. The van der Waals surface area contributed by atoms with Crippen molar-refractivity contribution in [2.45, 2.75) is 6.92 Å². The lowest BCUT2D eigenvalue weighted by Gasteiger charge is -2.09. The van der Waals surface area contributed by atoms with Gasteiger partial charge in [-0.05, 0) is 19.1 Å². The van der Waals surface area contributed by atoms with Crippen LogP contribution in [-0.4, -0.2) is 43.0 Å². The quantitative estimate of drug-likeness (QED) is 0.295. The molecule has 0 aliphatic carbocycles. The van der Waals surface area contributed by atoms with Crippen LogP contribution in [0.25, 0.3) is 5.76 Å². The molecule has 0 saturated heterocycles. The maximum absolute atomic E-state index is 13.6. The first-order chi connectivity index (χ1) is 9.47. The first-order valence-electron chi connectivity index (χ1n) is 6.04. The topological polar surface area (TPSA) is 62.1 Å². The van der Waals surface area contributed by atoms with E-state index in [1.165, 1.54) is 23.2 Å². The number of rotatable bonds is 5. The molecule has 20 heavy (non-hydrogen) atoms. The number of ether oxygens (including phenoxy) is 1. The van der Waals surface area contributed by atoms with E-state index >= 15 is 0 Å². The number of esters is 1. The molecule has 0 aromatic heterocycles. The number of aliphatic hydroxyl groups excluding tert-OH is 1. The fourth-order valence-corrected chi connectivity index (χ4v) is 1.39. The lowest BCUT2D eigenvalue weighted by atomic mass is 10.1. The third-order valence-electron chi connectivity index (χ3n) is 2.30. The summed E-state index contributed by atoms with van der Waals surface area (Å²) >= 11 is 0. The van der Waals surface area contributed by atoms with E-state index < -0.39 is 17.5 Å². The molecule has 0 aliphatic rings. The predicted molar refractivity (Wildman–Crippen MR) is 74.8 cm³/mol. The number of halogens is 1. The second-order valence-corrected chi connectivity index (χ2v) is 4.05. The van der Waals surface area contributed by atoms with Crippen molar-refractivity contribution in [3.05, 3.63) is 41.2 Å². The lowest BCUT2D eigenvalue weighted by Crippen LogP contribution is -2.13. The first-order valence-corrected chi connectivity index (χ1v) is 6.04. The average molecular weight is 280 g/mol. The number of carbonyl (C=O) groups is 1. The van der Waals surface area contributed by atoms with Crippen LogP contribution in [-0.2, 0) is 9.53 Å². The molecule has 0 bridgehead atoms. The van der Waals surface area contributed by atoms with Crippen molar-refractivity contribution in [1.29, 1.82) is 0 Å². The summed E-state index contributed by atoms with van der Waals surface area (Å²) in [7, 11) is 3.30. The van der Waals surface area contributed by atoms with Crippen molar-refractivity contribution in [1.82, 2.24) is 5.01 Å². The summed E-state index contributed by atoms with van der Waals surface area (Å²) in [5.41, 5.74) is -0.286. The normalized spacial score (nSPS) is 12.2. The van der Waals surface area contributed by atoms with Crippen LogP contribution in [0.3, 0.4) is 0 Å². The molecule has 0 spiro atoms. The van der Waals surface area contributed by atoms with Crippen LogP contribution in [0.2, 0.25) is 0 Å². The molecule has 6 heteroatoms. The van der Waals surface area contributed by atoms with E-state index in [1.807, 2.05) is 0 Å². The predicted octanol–water partition coefficient (Wildman–Crippen LogP) is 2.21. The van der Waals surface area contributed by atoms with Gasteiger partial charge < -0.3 is 14.9 Å². The standard InChI is InChI=1S/C14H17FN2O3/c1-4-20-14(19)11(9-16-17(2)3)13(18)10-7-5-6-8-12(10)15/h5-9,18H,4H2,1-3H3/b13-11+,16-9+. The van der Waals surface area contributed by atoms with E-state index in [4.69, 9.17) is 4.74 Å². The van der Waals surface area contributed by atoms with Gasteiger partial charge in [0.1, 0.15) is 17.1 Å². The number of hydrogen-bond donors (Lipinski definition) is 1. The Morgan fingerprint density at radius 3 is 2.65 bits per heavy atom. The molecule has 0 aliphatic heterocycles. The monoisotopic (exact) mass is 280 g/mol. The zero-order valence-electron chi connectivity index (χ0n) is 11.6. The molecule has 0 unspecified atom stereocenters. The van der Waals surface area contributed by atoms with Crippen LogP contribution < -0.4 is 0 Å². The Kier molecular flexibility index (Phi) is 5.71. The van der Waals surface area contributed by atoms with E-state index in [0.29, 0.717) is 0 Å². The minimum absolute atomic E-state index is 0.0826. The van der Waals surface area contributed by atoms with Gasteiger partial charge in [-0.2, -0.15) is 5.10 Å². The third kappa shape index (κ3) is 4.08. The summed E-state index contributed by atoms with van der Waals surface area (Å²) in [6.07, 6.45) is 1.14. The molecule has 0 radical (unpaired) electrons. The Morgan fingerprint density at radius 2 is 2.10 bits per heavy atom. The fraction of sp³-hybridized carbons (Fsp3) is 0.286. The number of hydrazone groups is 1. The van der Waals surface area contributed by atoms with Gasteiger partial charge in [0.2, 0.25) is 0 Å². The van der Waals surface area contributed by atoms with Crippen molar-refractivity contribution in [2.75, 3.05) is 20.7 Å². The minimum atomic E-state index is -0.765. The van der Waals surface area contributed by atoms with Crippen molar-refractivity contribution in [2.24, 2.45) is 5.10 Å². The molecule has 1 aromatic carbocycles. The van der Waals surface area contributed by atoms with Crippen LogP contribution in [0.4, 0.5) is 4.39 Å². The van der Waals surface area contributed by atoms with E-state index in [9.17, 15) is 14.3 Å². The number of aliphatic hydroxyl groups is 1. The lowest BCUT2D eigenvalue weighted by molar-refractivity contribution is -0.137. The van der Waals surface area contributed by atoms with E-state index in [-0.39, 0.29) is 17.7 Å². The summed E-state index contributed by atoms with van der Waals surface area (Å²) in [4.78, 5) is 11.8. The van der Waals surface area contributed by atoms with Crippen LogP contribution in [0.15, 0.2) is 34.9 Å². The zero-order chi connectivity index (χ0) is 15.1. The highest BCUT2D eigenvalue weighted by Gasteiger charge is 2.18. The minimum Gasteiger partial charge on any atom is -0.506 e. The average Bonchev–Trinajstić information content (AvgIpc) is 2.39. The van der Waals surface area contributed by atoms with Crippen LogP contribution in [0, 0.1) is 5.82 Å².